The molecule has 0 radical (unpaired) electrons. The van der Waals surface area contributed by atoms with E-state index in [0.29, 0.717) is 16.0 Å². The van der Waals surface area contributed by atoms with Crippen LogP contribution >= 0.6 is 11.6 Å². The summed E-state index contributed by atoms with van der Waals surface area (Å²) in [6.45, 7) is 3.54. The van der Waals surface area contributed by atoms with Gasteiger partial charge in [0.15, 0.2) is 0 Å². The number of fused-ring (bicyclic) bond motifs is 3. The van der Waals surface area contributed by atoms with Crippen molar-refractivity contribution in [2.45, 2.75) is 6.42 Å². The van der Waals surface area contributed by atoms with Crippen LogP contribution in [0.15, 0.2) is 48.6 Å². The summed E-state index contributed by atoms with van der Waals surface area (Å²) < 4.78 is 0. The van der Waals surface area contributed by atoms with Crippen molar-refractivity contribution in [2.24, 2.45) is 0 Å². The third-order valence-electron chi connectivity index (χ3n) is 3.58. The van der Waals surface area contributed by atoms with Gasteiger partial charge in [-0.05, 0) is 35.4 Å². The third kappa shape index (κ3) is 1.98. The van der Waals surface area contributed by atoms with Crippen LogP contribution in [0.1, 0.15) is 22.3 Å². The molecule has 104 valence electrons. The lowest BCUT2D eigenvalue weighted by molar-refractivity contribution is -0.112. The Balaban J connectivity index is 2.40. The van der Waals surface area contributed by atoms with E-state index in [0.717, 1.165) is 5.39 Å². The van der Waals surface area contributed by atoms with Crippen molar-refractivity contribution in [3.05, 3.63) is 64.7 Å². The predicted molar refractivity (Wildman–Crippen MR) is 82.7 cm³/mol. The normalized spacial score (nSPS) is 14.5. The molecular formula is C17H11ClO3. The molecule has 0 amide bonds. The zero-order valence-electron chi connectivity index (χ0n) is 11.0. The first-order valence-electron chi connectivity index (χ1n) is 6.39. The second-order valence-corrected chi connectivity index (χ2v) is 5.27. The molecule has 3 rings (SSSR count). The minimum absolute atomic E-state index is 0.0869. The molecule has 1 aliphatic rings. The van der Waals surface area contributed by atoms with Gasteiger partial charge in [-0.2, -0.15) is 0 Å². The number of aliphatic hydroxyl groups is 1. The Morgan fingerprint density at radius 1 is 1.14 bits per heavy atom. The smallest absolute Gasteiger partial charge is 0.234 e. The highest BCUT2D eigenvalue weighted by Crippen LogP contribution is 2.35. The zero-order chi connectivity index (χ0) is 15.1. The molecule has 1 N–H and O–H groups in total. The van der Waals surface area contributed by atoms with Gasteiger partial charge in [-0.25, -0.2) is 0 Å². The SMILES string of the molecule is C=CCC1=C(O)c2ccc3ccc(Cl)cc3c2C(=O)C1=O. The summed E-state index contributed by atoms with van der Waals surface area (Å²) >= 11 is 5.98. The van der Waals surface area contributed by atoms with Gasteiger partial charge >= 0.3 is 0 Å². The number of hydrogen-bond acceptors (Lipinski definition) is 3. The van der Waals surface area contributed by atoms with E-state index in [2.05, 4.69) is 6.58 Å². The van der Waals surface area contributed by atoms with Crippen LogP contribution in [0, 0.1) is 0 Å². The van der Waals surface area contributed by atoms with Crippen LogP contribution in [-0.4, -0.2) is 16.7 Å². The molecule has 0 aliphatic heterocycles. The van der Waals surface area contributed by atoms with Crippen molar-refractivity contribution >= 4 is 39.7 Å². The zero-order valence-corrected chi connectivity index (χ0v) is 11.8. The van der Waals surface area contributed by atoms with E-state index in [1.807, 2.05) is 0 Å². The van der Waals surface area contributed by atoms with Crippen LogP contribution in [-0.2, 0) is 4.79 Å². The number of carbonyl (C=O) groups is 2. The molecule has 0 fully saturated rings. The van der Waals surface area contributed by atoms with E-state index >= 15 is 0 Å². The number of aliphatic hydroxyl groups excluding tert-OH is 1. The van der Waals surface area contributed by atoms with Crippen LogP contribution in [0.3, 0.4) is 0 Å². The van der Waals surface area contributed by atoms with Crippen molar-refractivity contribution in [3.8, 4) is 0 Å². The first-order valence-corrected chi connectivity index (χ1v) is 6.77. The summed E-state index contributed by atoms with van der Waals surface area (Å²) in [5.41, 5.74) is 0.667. The molecule has 0 bridgehead atoms. The Morgan fingerprint density at radius 2 is 1.86 bits per heavy atom. The topological polar surface area (TPSA) is 54.4 Å². The number of ketones is 2. The summed E-state index contributed by atoms with van der Waals surface area (Å²) in [7, 11) is 0. The number of hydrogen-bond donors (Lipinski definition) is 1. The summed E-state index contributed by atoms with van der Waals surface area (Å²) in [5.74, 6) is -1.46. The molecule has 2 aromatic carbocycles. The average Bonchev–Trinajstić information content (AvgIpc) is 2.48. The molecule has 3 nitrogen and oxygen atoms in total. The lowest BCUT2D eigenvalue weighted by Gasteiger charge is -2.19. The van der Waals surface area contributed by atoms with E-state index in [1.54, 1.807) is 30.3 Å². The Hall–Kier alpha value is -2.39. The molecule has 1 aliphatic carbocycles. The Kier molecular flexibility index (Phi) is 3.15. The van der Waals surface area contributed by atoms with E-state index in [-0.39, 0.29) is 23.3 Å². The van der Waals surface area contributed by atoms with Gasteiger partial charge in [-0.3, -0.25) is 9.59 Å². The first-order chi connectivity index (χ1) is 10.0. The average molecular weight is 299 g/mol. The highest BCUT2D eigenvalue weighted by atomic mass is 35.5. The molecule has 0 saturated heterocycles. The van der Waals surface area contributed by atoms with Crippen LogP contribution in [0.2, 0.25) is 5.02 Å². The van der Waals surface area contributed by atoms with Gasteiger partial charge in [0.2, 0.25) is 11.6 Å². The summed E-state index contributed by atoms with van der Waals surface area (Å²) in [5, 5.41) is 12.1. The second kappa shape index (κ2) is 4.86. The molecule has 0 aromatic heterocycles. The molecule has 0 heterocycles. The van der Waals surface area contributed by atoms with Crippen molar-refractivity contribution in [1.29, 1.82) is 0 Å². The first kappa shape index (κ1) is 13.6. The Morgan fingerprint density at radius 3 is 2.57 bits per heavy atom. The fourth-order valence-corrected chi connectivity index (χ4v) is 2.76. The highest BCUT2D eigenvalue weighted by molar-refractivity contribution is 6.54. The molecule has 21 heavy (non-hydrogen) atoms. The van der Waals surface area contributed by atoms with Crippen molar-refractivity contribution < 1.29 is 14.7 Å². The van der Waals surface area contributed by atoms with Gasteiger partial charge in [-0.15, -0.1) is 6.58 Å². The van der Waals surface area contributed by atoms with Crippen LogP contribution in [0.25, 0.3) is 16.5 Å². The van der Waals surface area contributed by atoms with Crippen molar-refractivity contribution in [3.63, 3.8) is 0 Å². The summed E-state index contributed by atoms with van der Waals surface area (Å²) in [6, 6.07) is 8.55. The Labute approximate surface area is 126 Å². The number of carbonyl (C=O) groups excluding carboxylic acids is 2. The Bertz CT molecular complexity index is 846. The molecule has 0 spiro atoms. The third-order valence-corrected chi connectivity index (χ3v) is 3.82. The van der Waals surface area contributed by atoms with Gasteiger partial charge in [0.1, 0.15) is 5.76 Å². The van der Waals surface area contributed by atoms with E-state index in [4.69, 9.17) is 11.6 Å². The molecule has 0 atom stereocenters. The number of Topliss-reactive ketones (excluding diaryl/α,β-unsaturated/α-hetero) is 2. The fourth-order valence-electron chi connectivity index (χ4n) is 2.59. The van der Waals surface area contributed by atoms with Crippen LogP contribution < -0.4 is 0 Å². The minimum Gasteiger partial charge on any atom is -0.507 e. The second-order valence-electron chi connectivity index (χ2n) is 4.83. The monoisotopic (exact) mass is 298 g/mol. The van der Waals surface area contributed by atoms with E-state index in [9.17, 15) is 14.7 Å². The number of allylic oxidation sites excluding steroid dienone is 2. The van der Waals surface area contributed by atoms with Gasteiger partial charge in [0.25, 0.3) is 0 Å². The van der Waals surface area contributed by atoms with Gasteiger partial charge in [-0.1, -0.05) is 29.8 Å². The van der Waals surface area contributed by atoms with E-state index in [1.165, 1.54) is 6.08 Å². The summed E-state index contributed by atoms with van der Waals surface area (Å²) in [6.07, 6.45) is 1.64. The standard InChI is InChI=1S/C17H11ClO3/c1-2-3-12-15(19)11-7-5-9-4-6-10(18)8-13(9)14(11)17(21)16(12)20/h2,4-8,19H,1,3H2. The fraction of sp³-hybridized carbons (Fsp3) is 0.0588. The predicted octanol–water partition coefficient (Wildman–Crippen LogP) is 4.10. The summed E-state index contributed by atoms with van der Waals surface area (Å²) in [4.78, 5) is 24.6. The maximum atomic E-state index is 12.4. The molecule has 4 heteroatoms. The van der Waals surface area contributed by atoms with Gasteiger partial charge in [0.05, 0.1) is 0 Å². The largest absolute Gasteiger partial charge is 0.507 e. The lowest BCUT2D eigenvalue weighted by Crippen LogP contribution is -2.24. The minimum atomic E-state index is -0.688. The van der Waals surface area contributed by atoms with E-state index < -0.39 is 11.6 Å². The highest BCUT2D eigenvalue weighted by Gasteiger charge is 2.33. The van der Waals surface area contributed by atoms with Crippen LogP contribution in [0.5, 0.6) is 0 Å². The van der Waals surface area contributed by atoms with Crippen molar-refractivity contribution in [1.82, 2.24) is 0 Å². The number of halogens is 1. The molecule has 0 saturated carbocycles. The van der Waals surface area contributed by atoms with Gasteiger partial charge < -0.3 is 5.11 Å². The quantitative estimate of drug-likeness (QED) is 0.670. The molecule has 2 aromatic rings. The number of benzene rings is 2. The van der Waals surface area contributed by atoms with Crippen molar-refractivity contribution in [2.75, 3.05) is 0 Å². The molecular weight excluding hydrogens is 288 g/mol. The molecule has 0 unspecified atom stereocenters. The maximum absolute atomic E-state index is 12.4. The lowest BCUT2D eigenvalue weighted by atomic mass is 9.84. The number of rotatable bonds is 2. The van der Waals surface area contributed by atoms with Gasteiger partial charge in [0, 0.05) is 21.7 Å². The van der Waals surface area contributed by atoms with Crippen LogP contribution in [0.4, 0.5) is 0 Å². The maximum Gasteiger partial charge on any atom is 0.234 e.